The molecule has 7 heavy (non-hydrogen) atoms. The minimum Gasteiger partial charge on any atom is -0.393 e. The molecule has 0 amide bonds. The Labute approximate surface area is 58.1 Å². The van der Waals surface area contributed by atoms with Crippen LogP contribution in [0.25, 0.3) is 0 Å². The fourth-order valence-corrected chi connectivity index (χ4v) is 0.338. The molecule has 2 nitrogen and oxygen atoms in total. The van der Waals surface area contributed by atoms with Gasteiger partial charge in [-0.2, -0.15) is 0 Å². The molecule has 0 aromatic heterocycles. The van der Waals surface area contributed by atoms with E-state index in [0.29, 0.717) is 0 Å². The molecule has 0 saturated carbocycles. The van der Waals surface area contributed by atoms with E-state index < -0.39 is 0 Å². The smallest absolute Gasteiger partial charge is 0.0583 e. The first-order valence-electron chi connectivity index (χ1n) is 2.00. The Morgan fingerprint density at radius 3 is 2.43 bits per heavy atom. The number of nitrogens with zero attached hydrogens (tertiary/aromatic N) is 1. The van der Waals surface area contributed by atoms with Gasteiger partial charge >= 0.3 is 0 Å². The zero-order valence-electron chi connectivity index (χ0n) is 4.48. The fourth-order valence-electron chi connectivity index (χ4n) is 0.177. The first-order chi connectivity index (χ1) is 3.27. The van der Waals surface area contributed by atoms with Gasteiger partial charge in [-0.1, -0.05) is 0 Å². The van der Waals surface area contributed by atoms with Crippen LogP contribution >= 0.6 is 22.9 Å². The summed E-state index contributed by atoms with van der Waals surface area (Å²) >= 11 is 2.17. The number of rotatable bonds is 2. The Morgan fingerprint density at radius 2 is 2.29 bits per heavy atom. The van der Waals surface area contributed by atoms with Crippen molar-refractivity contribution in [1.29, 1.82) is 0 Å². The summed E-state index contributed by atoms with van der Waals surface area (Å²) in [5.41, 5.74) is 0. The molecule has 0 aliphatic carbocycles. The molecule has 1 N–H and O–H groups in total. The van der Waals surface area contributed by atoms with Gasteiger partial charge in [0.1, 0.15) is 0 Å². The van der Waals surface area contributed by atoms with E-state index >= 15 is 0 Å². The van der Waals surface area contributed by atoms with Crippen LogP contribution in [-0.2, 0) is 0 Å². The lowest BCUT2D eigenvalue weighted by molar-refractivity contribution is 0.822. The largest absolute Gasteiger partial charge is 0.393 e. The summed E-state index contributed by atoms with van der Waals surface area (Å²) in [7, 11) is 3.84. The van der Waals surface area contributed by atoms with E-state index in [0.717, 1.165) is 0 Å². The Hall–Kier alpha value is 0.0700. The van der Waals surface area contributed by atoms with E-state index in [1.54, 1.807) is 0 Å². The minimum absolute atomic E-state index is 1.87. The van der Waals surface area contributed by atoms with Gasteiger partial charge in [-0.25, -0.2) is 0 Å². The summed E-state index contributed by atoms with van der Waals surface area (Å²) in [6.07, 6.45) is 3.80. The maximum Gasteiger partial charge on any atom is 0.0583 e. The van der Waals surface area contributed by atoms with Crippen LogP contribution in [0.4, 0.5) is 0 Å². The van der Waals surface area contributed by atoms with E-state index in [4.69, 9.17) is 0 Å². The van der Waals surface area contributed by atoms with Crippen LogP contribution in [0, 0.1) is 0 Å². The second-order valence-electron chi connectivity index (χ2n) is 1.13. The maximum atomic E-state index is 2.87. The van der Waals surface area contributed by atoms with Crippen molar-refractivity contribution in [2.24, 2.45) is 0 Å². The highest BCUT2D eigenvalue weighted by molar-refractivity contribution is 14.1. The predicted octanol–water partition coefficient (Wildman–Crippen LogP) is 0.959. The quantitative estimate of drug-likeness (QED) is 0.541. The molecule has 0 aliphatic rings. The molecule has 0 rings (SSSR count). The highest BCUT2D eigenvalue weighted by Gasteiger charge is 1.71. The summed E-state index contributed by atoms with van der Waals surface area (Å²) in [6.45, 7) is 0. The summed E-state index contributed by atoms with van der Waals surface area (Å²) in [4.78, 5) is 0. The lowest BCUT2D eigenvalue weighted by Gasteiger charge is -1.97. The van der Waals surface area contributed by atoms with Crippen LogP contribution < -0.4 is 5.32 Å². The molecule has 0 aromatic rings. The molecule has 0 bridgehead atoms. The molecule has 0 aromatic carbocycles. The van der Waals surface area contributed by atoms with E-state index in [9.17, 15) is 0 Å². The monoisotopic (exact) mass is 212 g/mol. The highest BCUT2D eigenvalue weighted by atomic mass is 127. The Kier molecular flexibility index (Phi) is 4.28. The molecule has 0 atom stereocenters. The number of hydrogen-bond acceptors (Lipinski definition) is 2. The van der Waals surface area contributed by atoms with Crippen LogP contribution in [0.3, 0.4) is 0 Å². The van der Waals surface area contributed by atoms with Gasteiger partial charge < -0.3 is 8.43 Å². The third kappa shape index (κ3) is 6.07. The molecule has 0 fully saturated rings. The van der Waals surface area contributed by atoms with Crippen LogP contribution in [0.1, 0.15) is 0 Å². The Balaban J connectivity index is 3.08. The zero-order chi connectivity index (χ0) is 5.70. The van der Waals surface area contributed by atoms with E-state index in [1.165, 1.54) is 0 Å². The van der Waals surface area contributed by atoms with Gasteiger partial charge in [0.15, 0.2) is 0 Å². The number of hydrogen-bond donors (Lipinski definition) is 1. The molecular weight excluding hydrogens is 203 g/mol. The van der Waals surface area contributed by atoms with Gasteiger partial charge in [0.05, 0.1) is 22.9 Å². The molecule has 42 valence electrons. The van der Waals surface area contributed by atoms with Crippen molar-refractivity contribution >= 4 is 22.9 Å². The topological polar surface area (TPSA) is 15.3 Å². The van der Waals surface area contributed by atoms with Gasteiger partial charge in [-0.3, -0.25) is 0 Å². The van der Waals surface area contributed by atoms with Crippen LogP contribution in [0.15, 0.2) is 12.4 Å². The summed E-state index contributed by atoms with van der Waals surface area (Å²) in [5, 5.41) is 2.87. The molecule has 0 saturated heterocycles. The van der Waals surface area contributed by atoms with E-state index in [-0.39, 0.29) is 0 Å². The van der Waals surface area contributed by atoms with Crippen molar-refractivity contribution in [3.63, 3.8) is 0 Å². The van der Waals surface area contributed by atoms with Gasteiger partial charge in [-0.05, 0) is 0 Å². The molecule has 3 heteroatoms. The Morgan fingerprint density at radius 1 is 1.71 bits per heavy atom. The minimum atomic E-state index is 1.87. The SMILES string of the molecule is CN/C=C\N(C)I. The number of nitrogens with one attached hydrogen (secondary N) is 1. The normalized spacial score (nSPS) is 9.57. The molecule has 0 radical (unpaired) electrons. The van der Waals surface area contributed by atoms with Gasteiger partial charge in [0, 0.05) is 26.5 Å². The second-order valence-corrected chi connectivity index (χ2v) is 2.65. The van der Waals surface area contributed by atoms with Crippen LogP contribution in [-0.4, -0.2) is 17.2 Å². The average molecular weight is 212 g/mol. The first kappa shape index (κ1) is 7.07. The molecular formula is C4H9IN2. The number of halogens is 1. The predicted molar refractivity (Wildman–Crippen MR) is 40.0 cm³/mol. The van der Waals surface area contributed by atoms with Crippen molar-refractivity contribution in [2.75, 3.05) is 14.1 Å². The zero-order valence-corrected chi connectivity index (χ0v) is 6.64. The third-order valence-corrected chi connectivity index (χ3v) is 0.768. The summed E-state index contributed by atoms with van der Waals surface area (Å²) in [5.74, 6) is 0. The average Bonchev–Trinajstić information content (AvgIpc) is 1.61. The lowest BCUT2D eigenvalue weighted by atomic mass is 10.9. The fraction of sp³-hybridized carbons (Fsp3) is 0.500. The van der Waals surface area contributed by atoms with Gasteiger partial charge in [0.25, 0.3) is 0 Å². The molecule has 0 heterocycles. The van der Waals surface area contributed by atoms with Crippen molar-refractivity contribution in [3.8, 4) is 0 Å². The van der Waals surface area contributed by atoms with Crippen molar-refractivity contribution in [3.05, 3.63) is 12.4 Å². The highest BCUT2D eigenvalue weighted by Crippen LogP contribution is 1.90. The summed E-state index contributed by atoms with van der Waals surface area (Å²) < 4.78 is 1.94. The van der Waals surface area contributed by atoms with Crippen molar-refractivity contribution in [2.45, 2.75) is 0 Å². The molecule has 0 spiro atoms. The first-order valence-corrected chi connectivity index (χ1v) is 2.96. The third-order valence-electron chi connectivity index (χ3n) is 0.447. The second kappa shape index (κ2) is 4.23. The van der Waals surface area contributed by atoms with Crippen molar-refractivity contribution < 1.29 is 0 Å². The van der Waals surface area contributed by atoms with Crippen LogP contribution in [0.5, 0.6) is 0 Å². The van der Waals surface area contributed by atoms with E-state index in [2.05, 4.69) is 28.2 Å². The maximum absolute atomic E-state index is 2.87. The molecule has 0 aliphatic heterocycles. The van der Waals surface area contributed by atoms with Crippen LogP contribution in [0.2, 0.25) is 0 Å². The van der Waals surface area contributed by atoms with E-state index in [1.807, 2.05) is 29.6 Å². The standard InChI is InChI=1S/C4H9IN2/c1-6-3-4-7(2)5/h3-4,6H,1-2H3/b4-3-. The Bertz CT molecular complexity index is 60.7. The lowest BCUT2D eigenvalue weighted by Crippen LogP contribution is -1.96. The van der Waals surface area contributed by atoms with Crippen molar-refractivity contribution in [1.82, 2.24) is 8.43 Å². The molecule has 0 unspecified atom stereocenters. The summed E-state index contributed by atoms with van der Waals surface area (Å²) in [6, 6.07) is 0. The van der Waals surface area contributed by atoms with Gasteiger partial charge in [0.2, 0.25) is 0 Å². The van der Waals surface area contributed by atoms with Gasteiger partial charge in [-0.15, -0.1) is 0 Å².